The molecule has 2 unspecified atom stereocenters. The molecule has 2 N–H and O–H groups in total. The van der Waals surface area contributed by atoms with Crippen LogP contribution in [0.2, 0.25) is 0 Å². The van der Waals surface area contributed by atoms with Gasteiger partial charge in [0, 0.05) is 13.2 Å². The molecule has 0 saturated carbocycles. The quantitative estimate of drug-likeness (QED) is 0.364. The highest BCUT2D eigenvalue weighted by Crippen LogP contribution is 1.89. The van der Waals surface area contributed by atoms with E-state index in [0.717, 1.165) is 6.08 Å². The maximum absolute atomic E-state index is 9.84. The van der Waals surface area contributed by atoms with Crippen molar-refractivity contribution in [1.82, 2.24) is 0 Å². The molecule has 0 aliphatic carbocycles. The highest BCUT2D eigenvalue weighted by atomic mass is 16.6. The largest absolute Gasteiger partial charge is 0.466 e. The molecule has 0 bridgehead atoms. The smallest absolute Gasteiger partial charge is 0.329 e. The minimum atomic E-state index is -1.04. The average molecular weight is 192 g/mol. The number of rotatable bonds is 3. The van der Waals surface area contributed by atoms with Gasteiger partial charge in [0.15, 0.2) is 6.29 Å². The summed E-state index contributed by atoms with van der Waals surface area (Å²) in [6, 6.07) is 0. The zero-order valence-electron chi connectivity index (χ0n) is 8.06. The second kappa shape index (κ2) is 9.18. The van der Waals surface area contributed by atoms with Crippen LogP contribution in [0.25, 0.3) is 0 Å². The number of ether oxygens (including phenoxy) is 2. The standard InChI is InChI=1S/C4H10O3.C4H6O2/c1-3(5)4(6)7-2;1-3-4(5)6-2/h3-6H,1-2H3;3H,1H2,2H3. The average Bonchev–Trinajstić information content (AvgIpc) is 2.16. The molecule has 0 heterocycles. The van der Waals surface area contributed by atoms with Crippen molar-refractivity contribution in [3.05, 3.63) is 12.7 Å². The van der Waals surface area contributed by atoms with E-state index < -0.39 is 18.4 Å². The van der Waals surface area contributed by atoms with Crippen molar-refractivity contribution < 1.29 is 24.5 Å². The van der Waals surface area contributed by atoms with Crippen molar-refractivity contribution in [2.45, 2.75) is 19.3 Å². The summed E-state index contributed by atoms with van der Waals surface area (Å²) in [7, 11) is 2.64. The number of aliphatic hydroxyl groups excluding tert-OH is 2. The van der Waals surface area contributed by atoms with E-state index in [4.69, 9.17) is 10.2 Å². The molecule has 0 spiro atoms. The molecule has 0 aromatic heterocycles. The first-order valence-corrected chi connectivity index (χ1v) is 3.58. The number of aliphatic hydroxyl groups is 2. The molecular weight excluding hydrogens is 176 g/mol. The lowest BCUT2D eigenvalue weighted by molar-refractivity contribution is -0.137. The molecule has 0 aromatic carbocycles. The predicted molar refractivity (Wildman–Crippen MR) is 46.9 cm³/mol. The minimum Gasteiger partial charge on any atom is -0.466 e. The van der Waals surface area contributed by atoms with Gasteiger partial charge in [-0.3, -0.25) is 0 Å². The number of esters is 1. The first-order valence-electron chi connectivity index (χ1n) is 3.58. The van der Waals surface area contributed by atoms with Crippen LogP contribution in [0.5, 0.6) is 0 Å². The topological polar surface area (TPSA) is 76.0 Å². The van der Waals surface area contributed by atoms with Crippen LogP contribution >= 0.6 is 0 Å². The van der Waals surface area contributed by atoms with E-state index in [1.165, 1.54) is 21.1 Å². The van der Waals surface area contributed by atoms with Crippen molar-refractivity contribution in [2.75, 3.05) is 14.2 Å². The second-order valence-corrected chi connectivity index (χ2v) is 2.09. The number of hydrogen-bond acceptors (Lipinski definition) is 5. The SMILES string of the molecule is C=CC(=O)OC.COC(O)C(C)O. The predicted octanol–water partition coefficient (Wildman–Crippen LogP) is -0.323. The molecule has 0 fully saturated rings. The van der Waals surface area contributed by atoms with Gasteiger partial charge in [-0.15, -0.1) is 0 Å². The molecule has 78 valence electrons. The third-order valence-electron chi connectivity index (χ3n) is 1.02. The van der Waals surface area contributed by atoms with Crippen molar-refractivity contribution >= 4 is 5.97 Å². The van der Waals surface area contributed by atoms with Gasteiger partial charge in [0.1, 0.15) is 6.10 Å². The summed E-state index contributed by atoms with van der Waals surface area (Å²) in [4.78, 5) is 9.84. The van der Waals surface area contributed by atoms with E-state index in [1.807, 2.05) is 0 Å². The van der Waals surface area contributed by atoms with Crippen molar-refractivity contribution in [3.8, 4) is 0 Å². The summed E-state index contributed by atoms with van der Waals surface area (Å²) in [5.74, 6) is -0.394. The number of carbonyl (C=O) groups excluding carboxylic acids is 1. The lowest BCUT2D eigenvalue weighted by Crippen LogP contribution is -2.23. The normalized spacial score (nSPS) is 13.3. The molecule has 0 radical (unpaired) electrons. The summed E-state index contributed by atoms with van der Waals surface area (Å²) in [5.41, 5.74) is 0. The maximum atomic E-state index is 9.84. The van der Waals surface area contributed by atoms with Crippen molar-refractivity contribution in [3.63, 3.8) is 0 Å². The maximum Gasteiger partial charge on any atom is 0.329 e. The fourth-order valence-corrected chi connectivity index (χ4v) is 0.280. The van der Waals surface area contributed by atoms with E-state index in [9.17, 15) is 4.79 Å². The summed E-state index contributed by atoms with van der Waals surface area (Å²) >= 11 is 0. The van der Waals surface area contributed by atoms with Gasteiger partial charge in [-0.2, -0.15) is 0 Å². The highest BCUT2D eigenvalue weighted by molar-refractivity contribution is 5.80. The molecule has 13 heavy (non-hydrogen) atoms. The Hall–Kier alpha value is -0.910. The van der Waals surface area contributed by atoms with Gasteiger partial charge in [-0.25, -0.2) is 4.79 Å². The molecule has 5 heteroatoms. The van der Waals surface area contributed by atoms with Gasteiger partial charge in [-0.05, 0) is 6.92 Å². The van der Waals surface area contributed by atoms with Gasteiger partial charge in [-0.1, -0.05) is 6.58 Å². The van der Waals surface area contributed by atoms with Crippen LogP contribution in [0.1, 0.15) is 6.92 Å². The van der Waals surface area contributed by atoms with E-state index in [0.29, 0.717) is 0 Å². The van der Waals surface area contributed by atoms with Gasteiger partial charge in [0.2, 0.25) is 0 Å². The van der Waals surface area contributed by atoms with E-state index in [1.54, 1.807) is 0 Å². The Labute approximate surface area is 77.6 Å². The minimum absolute atomic E-state index is 0.394. The van der Waals surface area contributed by atoms with Crippen molar-refractivity contribution in [2.24, 2.45) is 0 Å². The molecule has 2 atom stereocenters. The Morgan fingerprint density at radius 3 is 1.92 bits per heavy atom. The van der Waals surface area contributed by atoms with Crippen LogP contribution in [-0.4, -0.2) is 42.8 Å². The zero-order chi connectivity index (χ0) is 10.9. The molecule has 0 aromatic rings. The number of methoxy groups -OCH3 is 2. The summed E-state index contributed by atoms with van der Waals surface area (Å²) in [6.45, 7) is 4.61. The number of carbonyl (C=O) groups is 1. The molecule has 0 aliphatic heterocycles. The van der Waals surface area contributed by atoms with Gasteiger partial charge >= 0.3 is 5.97 Å². The Bertz CT molecular complexity index is 143. The molecular formula is C8H16O5. The second-order valence-electron chi connectivity index (χ2n) is 2.09. The molecule has 5 nitrogen and oxygen atoms in total. The van der Waals surface area contributed by atoms with Crippen LogP contribution in [0.15, 0.2) is 12.7 Å². The Morgan fingerprint density at radius 2 is 1.92 bits per heavy atom. The van der Waals surface area contributed by atoms with E-state index in [2.05, 4.69) is 16.1 Å². The lowest BCUT2D eigenvalue weighted by Gasteiger charge is -2.09. The first-order chi connectivity index (χ1) is 5.99. The van der Waals surface area contributed by atoms with Crippen LogP contribution in [0, 0.1) is 0 Å². The van der Waals surface area contributed by atoms with Gasteiger partial charge in [0.05, 0.1) is 7.11 Å². The van der Waals surface area contributed by atoms with Crippen LogP contribution in [0.3, 0.4) is 0 Å². The summed E-state index contributed by atoms with van der Waals surface area (Å²) in [6.07, 6.45) is -0.731. The van der Waals surface area contributed by atoms with E-state index >= 15 is 0 Å². The lowest BCUT2D eigenvalue weighted by atomic mass is 10.4. The third-order valence-corrected chi connectivity index (χ3v) is 1.02. The third kappa shape index (κ3) is 11.1. The highest BCUT2D eigenvalue weighted by Gasteiger charge is 2.06. The molecule has 0 saturated heterocycles. The Kier molecular flexibility index (Phi) is 10.3. The van der Waals surface area contributed by atoms with Gasteiger partial charge in [0.25, 0.3) is 0 Å². The van der Waals surface area contributed by atoms with Crippen LogP contribution < -0.4 is 0 Å². The molecule has 0 amide bonds. The summed E-state index contributed by atoms with van der Waals surface area (Å²) in [5, 5.41) is 16.9. The molecule has 0 aliphatic rings. The Balaban J connectivity index is 0. The van der Waals surface area contributed by atoms with Crippen LogP contribution in [-0.2, 0) is 14.3 Å². The Morgan fingerprint density at radius 1 is 1.46 bits per heavy atom. The number of hydrogen-bond donors (Lipinski definition) is 2. The fourth-order valence-electron chi connectivity index (χ4n) is 0.280. The zero-order valence-corrected chi connectivity index (χ0v) is 8.06. The van der Waals surface area contributed by atoms with Crippen molar-refractivity contribution in [1.29, 1.82) is 0 Å². The van der Waals surface area contributed by atoms with Gasteiger partial charge < -0.3 is 19.7 Å². The monoisotopic (exact) mass is 192 g/mol. The van der Waals surface area contributed by atoms with Crippen LogP contribution in [0.4, 0.5) is 0 Å². The first kappa shape index (κ1) is 14.6. The fraction of sp³-hybridized carbons (Fsp3) is 0.625. The molecule has 0 rings (SSSR count). The summed E-state index contributed by atoms with van der Waals surface area (Å²) < 4.78 is 8.46. The van der Waals surface area contributed by atoms with E-state index in [-0.39, 0.29) is 0 Å².